The summed E-state index contributed by atoms with van der Waals surface area (Å²) in [6.45, 7) is -0.552. The van der Waals surface area contributed by atoms with Crippen LogP contribution >= 0.6 is 11.6 Å². The van der Waals surface area contributed by atoms with Gasteiger partial charge >= 0.3 is 5.97 Å². The van der Waals surface area contributed by atoms with Crippen molar-refractivity contribution in [2.75, 3.05) is 38.0 Å². The Morgan fingerprint density at radius 3 is 2.31 bits per heavy atom. The third-order valence-corrected chi connectivity index (χ3v) is 7.81. The van der Waals surface area contributed by atoms with Gasteiger partial charge in [-0.1, -0.05) is 17.7 Å². The molecule has 0 fully saturated rings. The lowest BCUT2D eigenvalue weighted by atomic mass is 10.1. The van der Waals surface area contributed by atoms with Crippen molar-refractivity contribution < 1.29 is 37.0 Å². The van der Waals surface area contributed by atoms with Gasteiger partial charge in [-0.15, -0.1) is 0 Å². The van der Waals surface area contributed by atoms with Crippen LogP contribution in [0.2, 0.25) is 5.02 Å². The van der Waals surface area contributed by atoms with Crippen molar-refractivity contribution in [3.63, 3.8) is 0 Å². The van der Waals surface area contributed by atoms with Crippen molar-refractivity contribution >= 4 is 44.9 Å². The summed E-state index contributed by atoms with van der Waals surface area (Å²) in [4.78, 5) is 24.7. The third kappa shape index (κ3) is 6.37. The lowest BCUT2D eigenvalue weighted by Crippen LogP contribution is -2.21. The average molecular weight is 575 g/mol. The molecule has 0 saturated carbocycles. The van der Waals surface area contributed by atoms with E-state index in [1.807, 2.05) is 18.2 Å². The van der Waals surface area contributed by atoms with E-state index in [-0.39, 0.29) is 32.7 Å². The molecular weight excluding hydrogens is 548 g/mol. The molecule has 1 aliphatic rings. The molecule has 1 amide bonds. The number of halogens is 1. The second-order valence-corrected chi connectivity index (χ2v) is 10.7. The van der Waals surface area contributed by atoms with Crippen LogP contribution < -0.4 is 24.2 Å². The minimum absolute atomic E-state index is 0.0213. The summed E-state index contributed by atoms with van der Waals surface area (Å²) >= 11 is 6.16. The van der Waals surface area contributed by atoms with Crippen molar-refractivity contribution in [2.24, 2.45) is 0 Å². The van der Waals surface area contributed by atoms with E-state index in [0.29, 0.717) is 11.4 Å². The highest BCUT2D eigenvalue weighted by Gasteiger charge is 2.25. The highest BCUT2D eigenvalue weighted by Crippen LogP contribution is 2.38. The molecule has 0 aliphatic heterocycles. The van der Waals surface area contributed by atoms with Gasteiger partial charge in [0.25, 0.3) is 15.9 Å². The van der Waals surface area contributed by atoms with Gasteiger partial charge in [-0.3, -0.25) is 9.52 Å². The molecule has 1 aliphatic carbocycles. The first kappa shape index (κ1) is 28.1. The second kappa shape index (κ2) is 11.8. The molecular formula is C27H27ClN2O8S. The molecule has 39 heavy (non-hydrogen) atoms. The summed E-state index contributed by atoms with van der Waals surface area (Å²) in [6, 6.07) is 12.2. The number of carbonyl (C=O) groups excluding carboxylic acids is 2. The maximum atomic E-state index is 13.3. The summed E-state index contributed by atoms with van der Waals surface area (Å²) in [5.41, 5.74) is 3.03. The fourth-order valence-electron chi connectivity index (χ4n) is 4.21. The Morgan fingerprint density at radius 2 is 1.59 bits per heavy atom. The SMILES string of the molecule is COc1cc(OC)c(NS(=O)(=O)c2cc(C(=O)OCC(=O)Nc3ccc4c(c3)CCC4)ccc2OC)cc1Cl. The summed E-state index contributed by atoms with van der Waals surface area (Å²) < 4.78 is 49.7. The molecule has 0 saturated heterocycles. The van der Waals surface area contributed by atoms with Crippen LogP contribution in [0, 0.1) is 0 Å². The lowest BCUT2D eigenvalue weighted by molar-refractivity contribution is -0.119. The number of sulfonamides is 1. The van der Waals surface area contributed by atoms with E-state index >= 15 is 0 Å². The van der Waals surface area contributed by atoms with E-state index in [2.05, 4.69) is 10.0 Å². The van der Waals surface area contributed by atoms with Crippen LogP contribution in [0.5, 0.6) is 17.2 Å². The van der Waals surface area contributed by atoms with Gasteiger partial charge in [0.05, 0.1) is 37.6 Å². The average Bonchev–Trinajstić information content (AvgIpc) is 3.39. The molecule has 4 rings (SSSR count). The van der Waals surface area contributed by atoms with Crippen LogP contribution in [0.15, 0.2) is 53.4 Å². The molecule has 3 aromatic carbocycles. The molecule has 10 nitrogen and oxygen atoms in total. The highest BCUT2D eigenvalue weighted by atomic mass is 35.5. The smallest absolute Gasteiger partial charge is 0.338 e. The second-order valence-electron chi connectivity index (χ2n) is 8.62. The maximum Gasteiger partial charge on any atom is 0.338 e. The van der Waals surface area contributed by atoms with Crippen LogP contribution in [0.3, 0.4) is 0 Å². The number of esters is 1. The van der Waals surface area contributed by atoms with E-state index < -0.39 is 28.5 Å². The van der Waals surface area contributed by atoms with E-state index in [1.165, 1.54) is 56.7 Å². The highest BCUT2D eigenvalue weighted by molar-refractivity contribution is 7.92. The monoisotopic (exact) mass is 574 g/mol. The molecule has 0 heterocycles. The standard InChI is InChI=1S/C27H27ClN2O8S/c1-35-22-10-8-18(27(32)38-15-26(31)29-19-9-7-16-5-4-6-17(16)11-19)12-25(22)39(33,34)30-21-13-20(28)23(36-2)14-24(21)37-3/h7-14,30H,4-6,15H2,1-3H3,(H,29,31). The molecule has 3 aromatic rings. The van der Waals surface area contributed by atoms with Crippen molar-refractivity contribution in [1.29, 1.82) is 0 Å². The number of anilines is 2. The largest absolute Gasteiger partial charge is 0.495 e. The summed E-state index contributed by atoms with van der Waals surface area (Å²) in [5.74, 6) is -0.981. The number of ether oxygens (including phenoxy) is 4. The Hall–Kier alpha value is -3.96. The molecule has 0 bridgehead atoms. The Kier molecular flexibility index (Phi) is 8.51. The quantitative estimate of drug-likeness (QED) is 0.340. The van der Waals surface area contributed by atoms with E-state index in [0.717, 1.165) is 25.3 Å². The van der Waals surface area contributed by atoms with Gasteiger partial charge in [0, 0.05) is 11.8 Å². The van der Waals surface area contributed by atoms with Gasteiger partial charge in [0.1, 0.15) is 22.1 Å². The number of methoxy groups -OCH3 is 3. The zero-order valence-corrected chi connectivity index (χ0v) is 23.1. The molecule has 0 aromatic heterocycles. The Labute approximate surface area is 231 Å². The zero-order chi connectivity index (χ0) is 28.2. The zero-order valence-electron chi connectivity index (χ0n) is 21.5. The van der Waals surface area contributed by atoms with Crippen LogP contribution in [0.4, 0.5) is 11.4 Å². The predicted octanol–water partition coefficient (Wildman–Crippen LogP) is 4.45. The maximum absolute atomic E-state index is 13.3. The van der Waals surface area contributed by atoms with Crippen LogP contribution in [0.1, 0.15) is 27.9 Å². The molecule has 12 heteroatoms. The van der Waals surface area contributed by atoms with Crippen LogP contribution in [-0.2, 0) is 32.4 Å². The first-order chi connectivity index (χ1) is 18.6. The van der Waals surface area contributed by atoms with Crippen molar-refractivity contribution in [1.82, 2.24) is 0 Å². The summed E-state index contributed by atoms with van der Waals surface area (Å²) in [7, 11) is -0.235. The number of carbonyl (C=O) groups is 2. The minimum atomic E-state index is -4.30. The Bertz CT molecular complexity index is 1520. The number of nitrogens with one attached hydrogen (secondary N) is 2. The van der Waals surface area contributed by atoms with E-state index in [4.69, 9.17) is 30.5 Å². The summed E-state index contributed by atoms with van der Waals surface area (Å²) in [6.07, 6.45) is 3.07. The van der Waals surface area contributed by atoms with Gasteiger partial charge in [-0.25, -0.2) is 13.2 Å². The number of hydrogen-bond donors (Lipinski definition) is 2. The topological polar surface area (TPSA) is 129 Å². The predicted molar refractivity (Wildman–Crippen MR) is 146 cm³/mol. The first-order valence-corrected chi connectivity index (χ1v) is 13.7. The van der Waals surface area contributed by atoms with Gasteiger partial charge in [0.2, 0.25) is 0 Å². The lowest BCUT2D eigenvalue weighted by Gasteiger charge is -2.16. The number of fused-ring (bicyclic) bond motifs is 1. The van der Waals surface area contributed by atoms with E-state index in [1.54, 1.807) is 0 Å². The van der Waals surface area contributed by atoms with Crippen molar-refractivity contribution in [3.8, 4) is 17.2 Å². The van der Waals surface area contributed by atoms with Crippen molar-refractivity contribution in [2.45, 2.75) is 24.2 Å². The van der Waals surface area contributed by atoms with Gasteiger partial charge in [-0.2, -0.15) is 0 Å². The molecule has 0 atom stereocenters. The minimum Gasteiger partial charge on any atom is -0.495 e. The number of amides is 1. The van der Waals surface area contributed by atoms with Crippen LogP contribution in [0.25, 0.3) is 0 Å². The number of rotatable bonds is 10. The number of hydrogen-bond acceptors (Lipinski definition) is 8. The Balaban J connectivity index is 1.49. The normalized spacial score (nSPS) is 12.3. The van der Waals surface area contributed by atoms with Gasteiger partial charge in [0.15, 0.2) is 6.61 Å². The number of benzene rings is 3. The summed E-state index contributed by atoms with van der Waals surface area (Å²) in [5, 5.41) is 2.86. The van der Waals surface area contributed by atoms with Gasteiger partial charge in [-0.05, 0) is 66.8 Å². The van der Waals surface area contributed by atoms with Gasteiger partial charge < -0.3 is 24.3 Å². The fraction of sp³-hybridized carbons (Fsp3) is 0.259. The van der Waals surface area contributed by atoms with E-state index in [9.17, 15) is 18.0 Å². The fourth-order valence-corrected chi connectivity index (χ4v) is 5.71. The molecule has 0 spiro atoms. The number of aryl methyl sites for hydroxylation is 2. The first-order valence-electron chi connectivity index (χ1n) is 11.9. The molecule has 2 N–H and O–H groups in total. The molecule has 0 radical (unpaired) electrons. The van der Waals surface area contributed by atoms with Crippen molar-refractivity contribution in [3.05, 3.63) is 70.2 Å². The Morgan fingerprint density at radius 1 is 0.872 bits per heavy atom. The van der Waals surface area contributed by atoms with Crippen LogP contribution in [-0.4, -0.2) is 48.2 Å². The molecule has 206 valence electrons. The molecule has 0 unspecified atom stereocenters. The third-order valence-electron chi connectivity index (χ3n) is 6.12.